The molecule has 0 fully saturated rings. The Morgan fingerprint density at radius 2 is 2.25 bits per heavy atom. The van der Waals surface area contributed by atoms with Crippen LogP contribution in [0.2, 0.25) is 0 Å². The van der Waals surface area contributed by atoms with Gasteiger partial charge in [0.2, 0.25) is 0 Å². The number of hydrogen-bond acceptors (Lipinski definition) is 5. The van der Waals surface area contributed by atoms with Crippen molar-refractivity contribution < 1.29 is 9.66 Å². The van der Waals surface area contributed by atoms with E-state index in [2.05, 4.69) is 15.7 Å². The van der Waals surface area contributed by atoms with Crippen molar-refractivity contribution in [1.29, 1.82) is 0 Å². The number of non-ortho nitro benzene ring substituents is 1. The van der Waals surface area contributed by atoms with Gasteiger partial charge < -0.3 is 15.4 Å². The van der Waals surface area contributed by atoms with Crippen LogP contribution >= 0.6 is 12.2 Å². The second-order valence-electron chi connectivity index (χ2n) is 5.10. The second-order valence-corrected chi connectivity index (χ2v) is 5.50. The van der Waals surface area contributed by atoms with Gasteiger partial charge in [-0.2, -0.15) is 5.10 Å². The van der Waals surface area contributed by atoms with Gasteiger partial charge in [-0.15, -0.1) is 0 Å². The predicted octanol–water partition coefficient (Wildman–Crippen LogP) is 2.49. The molecule has 24 heavy (non-hydrogen) atoms. The summed E-state index contributed by atoms with van der Waals surface area (Å²) in [4.78, 5) is 10.3. The zero-order chi connectivity index (χ0) is 17.5. The number of ether oxygens (including phenoxy) is 1. The summed E-state index contributed by atoms with van der Waals surface area (Å²) in [6, 6.07) is 6.27. The summed E-state index contributed by atoms with van der Waals surface area (Å²) in [5, 5.41) is 21.6. The normalized spacial score (nSPS) is 10.2. The SMILES string of the molecule is COc1cc([N+](=O)[O-])ccc1NC(=S)NCCCn1ccc(C)n1. The third kappa shape index (κ3) is 4.92. The zero-order valence-corrected chi connectivity index (χ0v) is 14.3. The molecule has 8 nitrogen and oxygen atoms in total. The molecule has 0 unspecified atom stereocenters. The molecule has 0 saturated heterocycles. The first-order valence-electron chi connectivity index (χ1n) is 7.37. The number of nitro benzene ring substituents is 1. The lowest BCUT2D eigenvalue weighted by atomic mass is 10.2. The topological polar surface area (TPSA) is 94.3 Å². The molecule has 0 bridgehead atoms. The Morgan fingerprint density at radius 3 is 2.88 bits per heavy atom. The molecule has 1 aromatic heterocycles. The van der Waals surface area contributed by atoms with Crippen molar-refractivity contribution in [2.45, 2.75) is 19.9 Å². The fraction of sp³-hybridized carbons (Fsp3) is 0.333. The van der Waals surface area contributed by atoms with Crippen LogP contribution in [-0.4, -0.2) is 33.5 Å². The Kier molecular flexibility index (Phi) is 6.07. The molecule has 1 aromatic carbocycles. The van der Waals surface area contributed by atoms with Gasteiger partial charge in [0.05, 0.1) is 29.5 Å². The van der Waals surface area contributed by atoms with Gasteiger partial charge in [0.15, 0.2) is 5.11 Å². The quantitative estimate of drug-likeness (QED) is 0.343. The maximum absolute atomic E-state index is 10.8. The van der Waals surface area contributed by atoms with E-state index in [0.29, 0.717) is 23.1 Å². The van der Waals surface area contributed by atoms with Crippen molar-refractivity contribution in [2.75, 3.05) is 19.0 Å². The zero-order valence-electron chi connectivity index (χ0n) is 13.5. The van der Waals surface area contributed by atoms with Crippen molar-refractivity contribution in [1.82, 2.24) is 15.1 Å². The molecule has 1 heterocycles. The van der Waals surface area contributed by atoms with E-state index < -0.39 is 4.92 Å². The van der Waals surface area contributed by atoms with Gasteiger partial charge in [-0.05, 0) is 37.7 Å². The number of aryl methyl sites for hydroxylation is 2. The van der Waals surface area contributed by atoms with E-state index in [-0.39, 0.29) is 5.69 Å². The summed E-state index contributed by atoms with van der Waals surface area (Å²) in [6.07, 6.45) is 2.80. The van der Waals surface area contributed by atoms with Gasteiger partial charge in [-0.25, -0.2) is 0 Å². The van der Waals surface area contributed by atoms with Crippen LogP contribution in [0, 0.1) is 17.0 Å². The van der Waals surface area contributed by atoms with Gasteiger partial charge in [0.25, 0.3) is 5.69 Å². The van der Waals surface area contributed by atoms with Crippen LogP contribution in [0.3, 0.4) is 0 Å². The minimum absolute atomic E-state index is 0.0363. The summed E-state index contributed by atoms with van der Waals surface area (Å²) in [5.74, 6) is 0.361. The lowest BCUT2D eigenvalue weighted by molar-refractivity contribution is -0.384. The summed E-state index contributed by atoms with van der Waals surface area (Å²) in [6.45, 7) is 3.43. The molecule has 0 spiro atoms. The first-order chi connectivity index (χ1) is 11.5. The number of aromatic nitrogens is 2. The molecule has 9 heteroatoms. The van der Waals surface area contributed by atoms with Gasteiger partial charge in [-0.3, -0.25) is 14.8 Å². The van der Waals surface area contributed by atoms with Crippen LogP contribution in [0.4, 0.5) is 11.4 Å². The van der Waals surface area contributed by atoms with E-state index in [1.54, 1.807) is 6.07 Å². The lowest BCUT2D eigenvalue weighted by Crippen LogP contribution is -2.30. The van der Waals surface area contributed by atoms with Crippen molar-refractivity contribution in [2.24, 2.45) is 0 Å². The Bertz CT molecular complexity index is 732. The van der Waals surface area contributed by atoms with E-state index in [0.717, 1.165) is 18.7 Å². The van der Waals surface area contributed by atoms with Crippen LogP contribution in [0.25, 0.3) is 0 Å². The van der Waals surface area contributed by atoms with Gasteiger partial charge in [0, 0.05) is 25.4 Å². The molecule has 0 atom stereocenters. The molecular formula is C15H19N5O3S. The number of thiocarbonyl (C=S) groups is 1. The van der Waals surface area contributed by atoms with E-state index in [1.165, 1.54) is 19.2 Å². The maximum atomic E-state index is 10.8. The molecule has 2 rings (SSSR count). The van der Waals surface area contributed by atoms with Crippen LogP contribution < -0.4 is 15.4 Å². The van der Waals surface area contributed by atoms with Gasteiger partial charge >= 0.3 is 0 Å². The molecule has 2 aromatic rings. The highest BCUT2D eigenvalue weighted by molar-refractivity contribution is 7.80. The highest BCUT2D eigenvalue weighted by Gasteiger charge is 2.12. The summed E-state index contributed by atoms with van der Waals surface area (Å²) < 4.78 is 7.04. The number of nitrogens with one attached hydrogen (secondary N) is 2. The first-order valence-corrected chi connectivity index (χ1v) is 7.78. The minimum Gasteiger partial charge on any atom is -0.494 e. The fourth-order valence-electron chi connectivity index (χ4n) is 2.09. The van der Waals surface area contributed by atoms with Crippen LogP contribution in [0.1, 0.15) is 12.1 Å². The minimum atomic E-state index is -0.472. The number of methoxy groups -OCH3 is 1. The van der Waals surface area contributed by atoms with E-state index in [9.17, 15) is 10.1 Å². The van der Waals surface area contributed by atoms with Gasteiger partial charge in [-0.1, -0.05) is 0 Å². The van der Waals surface area contributed by atoms with Gasteiger partial charge in [0.1, 0.15) is 5.75 Å². The molecule has 0 saturated carbocycles. The number of anilines is 1. The highest BCUT2D eigenvalue weighted by atomic mass is 32.1. The van der Waals surface area contributed by atoms with E-state index >= 15 is 0 Å². The number of nitro groups is 1. The summed E-state index contributed by atoms with van der Waals surface area (Å²) >= 11 is 5.23. The van der Waals surface area contributed by atoms with Crippen molar-refractivity contribution >= 4 is 28.7 Å². The molecule has 128 valence electrons. The van der Waals surface area contributed by atoms with Crippen LogP contribution in [-0.2, 0) is 6.54 Å². The molecule has 2 N–H and O–H groups in total. The Morgan fingerprint density at radius 1 is 1.46 bits per heavy atom. The van der Waals surface area contributed by atoms with E-state index in [4.69, 9.17) is 17.0 Å². The third-order valence-electron chi connectivity index (χ3n) is 3.27. The van der Waals surface area contributed by atoms with Crippen molar-refractivity contribution in [3.63, 3.8) is 0 Å². The predicted molar refractivity (Wildman–Crippen MR) is 95.5 cm³/mol. The monoisotopic (exact) mass is 349 g/mol. The Balaban J connectivity index is 1.82. The maximum Gasteiger partial charge on any atom is 0.273 e. The Labute approximate surface area is 145 Å². The van der Waals surface area contributed by atoms with Crippen LogP contribution in [0.15, 0.2) is 30.5 Å². The molecule has 0 aliphatic heterocycles. The lowest BCUT2D eigenvalue weighted by Gasteiger charge is -2.13. The number of nitrogens with zero attached hydrogens (tertiary/aromatic N) is 3. The number of rotatable bonds is 7. The molecule has 0 amide bonds. The third-order valence-corrected chi connectivity index (χ3v) is 3.51. The summed E-state index contributed by atoms with van der Waals surface area (Å²) in [5.41, 5.74) is 1.53. The molecule has 0 aliphatic carbocycles. The average Bonchev–Trinajstić information content (AvgIpc) is 2.97. The fourth-order valence-corrected chi connectivity index (χ4v) is 2.31. The molecule has 0 aliphatic rings. The van der Waals surface area contributed by atoms with Crippen molar-refractivity contribution in [3.05, 3.63) is 46.3 Å². The molecular weight excluding hydrogens is 330 g/mol. The summed E-state index contributed by atoms with van der Waals surface area (Å²) in [7, 11) is 1.45. The first kappa shape index (κ1) is 17.7. The van der Waals surface area contributed by atoms with Crippen LogP contribution in [0.5, 0.6) is 5.75 Å². The van der Waals surface area contributed by atoms with E-state index in [1.807, 2.05) is 23.9 Å². The Hall–Kier alpha value is -2.68. The standard InChI is InChI=1S/C15H19N5O3S/c1-11-6-9-19(18-11)8-3-7-16-15(24)17-13-5-4-12(20(21)22)10-14(13)23-2/h4-6,9-10H,3,7-8H2,1-2H3,(H2,16,17,24). The second kappa shape index (κ2) is 8.25. The number of hydrogen-bond donors (Lipinski definition) is 2. The average molecular weight is 349 g/mol. The van der Waals surface area contributed by atoms with Crippen molar-refractivity contribution in [3.8, 4) is 5.75 Å². The molecule has 0 radical (unpaired) electrons. The number of benzene rings is 1. The smallest absolute Gasteiger partial charge is 0.273 e. The highest BCUT2D eigenvalue weighted by Crippen LogP contribution is 2.28. The largest absolute Gasteiger partial charge is 0.494 e.